The second kappa shape index (κ2) is 9.61. The van der Waals surface area contributed by atoms with Crippen molar-refractivity contribution < 1.29 is 35.8 Å². The molecule has 0 spiro atoms. The molecule has 37 heavy (non-hydrogen) atoms. The number of rotatable bonds is 5. The number of benzene rings is 4. The molecule has 0 atom stereocenters. The van der Waals surface area contributed by atoms with Crippen LogP contribution in [-0.2, 0) is 12.4 Å². The Bertz CT molecular complexity index is 1450. The van der Waals surface area contributed by atoms with Gasteiger partial charge in [0, 0.05) is 16.9 Å². The lowest BCUT2D eigenvalue weighted by molar-refractivity contribution is -0.139. The van der Waals surface area contributed by atoms with Crippen molar-refractivity contribution in [3.05, 3.63) is 95.6 Å². The number of ether oxygens (including phenoxy) is 2. The molecule has 0 aliphatic heterocycles. The molecule has 0 saturated carbocycles. The Hall–Kier alpha value is -4.34. The number of hydrogen-bond donors (Lipinski definition) is 2. The summed E-state index contributed by atoms with van der Waals surface area (Å²) >= 11 is 0. The summed E-state index contributed by atoms with van der Waals surface area (Å²) in [5.41, 5.74) is 10.4. The molecule has 0 aliphatic carbocycles. The van der Waals surface area contributed by atoms with Crippen molar-refractivity contribution in [3.63, 3.8) is 0 Å². The molecule has 0 heterocycles. The number of aryl methyl sites for hydroxylation is 1. The highest BCUT2D eigenvalue weighted by atomic mass is 19.4. The van der Waals surface area contributed by atoms with Crippen LogP contribution in [-0.4, -0.2) is 0 Å². The molecule has 4 aromatic carbocycles. The summed E-state index contributed by atoms with van der Waals surface area (Å²) in [7, 11) is 0. The van der Waals surface area contributed by atoms with Crippen LogP contribution in [0, 0.1) is 6.92 Å². The molecule has 0 aromatic heterocycles. The number of nitrogen functional groups attached to an aromatic ring is 2. The second-order valence-corrected chi connectivity index (χ2v) is 8.24. The maximum absolute atomic E-state index is 13.6. The van der Waals surface area contributed by atoms with E-state index in [0.717, 1.165) is 29.8 Å². The predicted octanol–water partition coefficient (Wildman–Crippen LogP) is 8.45. The van der Waals surface area contributed by atoms with Gasteiger partial charge in [-0.25, -0.2) is 0 Å². The first-order valence-corrected chi connectivity index (χ1v) is 10.8. The molecular formula is C27H20F6N2O2. The van der Waals surface area contributed by atoms with Gasteiger partial charge in [-0.05, 0) is 67.1 Å². The van der Waals surface area contributed by atoms with Gasteiger partial charge in [0.25, 0.3) is 0 Å². The standard InChI is InChI=1S/C27H20F6N2O2/c1-15-3-2-4-16(11-15)20-14-19(36-24-8-5-17(34)12-21(24)26(28,29)30)7-10-23(20)37-25-9-6-18(35)13-22(25)27(31,32)33/h2-14H,34-35H2,1H3. The van der Waals surface area contributed by atoms with Gasteiger partial charge in [-0.1, -0.05) is 29.8 Å². The van der Waals surface area contributed by atoms with Crippen LogP contribution in [0.3, 0.4) is 0 Å². The summed E-state index contributed by atoms with van der Waals surface area (Å²) in [4.78, 5) is 0. The van der Waals surface area contributed by atoms with E-state index in [1.54, 1.807) is 18.2 Å². The van der Waals surface area contributed by atoms with Crippen LogP contribution in [0.1, 0.15) is 16.7 Å². The van der Waals surface area contributed by atoms with E-state index in [1.165, 1.54) is 30.3 Å². The van der Waals surface area contributed by atoms with Gasteiger partial charge in [0.15, 0.2) is 0 Å². The summed E-state index contributed by atoms with van der Waals surface area (Å²) < 4.78 is 92.7. The zero-order valence-electron chi connectivity index (χ0n) is 19.2. The molecule has 4 nitrogen and oxygen atoms in total. The maximum atomic E-state index is 13.6. The summed E-state index contributed by atoms with van der Waals surface area (Å²) in [5, 5.41) is 0. The molecule has 4 aromatic rings. The zero-order valence-corrected chi connectivity index (χ0v) is 19.2. The van der Waals surface area contributed by atoms with Crippen molar-refractivity contribution in [2.75, 3.05) is 11.5 Å². The molecule has 192 valence electrons. The molecule has 0 radical (unpaired) electrons. The minimum atomic E-state index is -4.74. The van der Waals surface area contributed by atoms with E-state index < -0.39 is 35.0 Å². The van der Waals surface area contributed by atoms with E-state index >= 15 is 0 Å². The molecule has 0 bridgehead atoms. The van der Waals surface area contributed by atoms with E-state index in [-0.39, 0.29) is 22.9 Å². The minimum absolute atomic E-state index is 0.00692. The number of alkyl halides is 6. The molecule has 0 fully saturated rings. The second-order valence-electron chi connectivity index (χ2n) is 8.24. The van der Waals surface area contributed by atoms with Crippen LogP contribution in [0.5, 0.6) is 23.0 Å². The minimum Gasteiger partial charge on any atom is -0.457 e. The number of anilines is 2. The monoisotopic (exact) mass is 518 g/mol. The van der Waals surface area contributed by atoms with Crippen molar-refractivity contribution in [1.82, 2.24) is 0 Å². The van der Waals surface area contributed by atoms with Crippen molar-refractivity contribution in [2.24, 2.45) is 0 Å². The Balaban J connectivity index is 1.81. The Morgan fingerprint density at radius 2 is 1.14 bits per heavy atom. The quantitative estimate of drug-likeness (QED) is 0.205. The van der Waals surface area contributed by atoms with E-state index in [9.17, 15) is 26.3 Å². The van der Waals surface area contributed by atoms with Crippen molar-refractivity contribution >= 4 is 11.4 Å². The highest BCUT2D eigenvalue weighted by Crippen LogP contribution is 2.44. The number of nitrogens with two attached hydrogens (primary N) is 2. The first-order chi connectivity index (χ1) is 17.3. The number of hydrogen-bond acceptors (Lipinski definition) is 4. The van der Waals surface area contributed by atoms with Crippen molar-refractivity contribution in [2.45, 2.75) is 19.3 Å². The van der Waals surface area contributed by atoms with E-state index in [0.29, 0.717) is 11.1 Å². The van der Waals surface area contributed by atoms with Crippen LogP contribution in [0.2, 0.25) is 0 Å². The summed E-state index contributed by atoms with van der Waals surface area (Å²) in [6, 6.07) is 17.3. The predicted molar refractivity (Wildman–Crippen MR) is 128 cm³/mol. The largest absolute Gasteiger partial charge is 0.457 e. The fourth-order valence-corrected chi connectivity index (χ4v) is 3.66. The van der Waals surface area contributed by atoms with E-state index in [4.69, 9.17) is 20.9 Å². The van der Waals surface area contributed by atoms with Crippen molar-refractivity contribution in [3.8, 4) is 34.1 Å². The summed E-state index contributed by atoms with van der Waals surface area (Å²) in [6.45, 7) is 1.82. The van der Waals surface area contributed by atoms with Crippen LogP contribution in [0.15, 0.2) is 78.9 Å². The fraction of sp³-hybridized carbons (Fsp3) is 0.111. The lowest BCUT2D eigenvalue weighted by Gasteiger charge is -2.18. The fourth-order valence-electron chi connectivity index (χ4n) is 3.66. The summed E-state index contributed by atoms with van der Waals surface area (Å²) in [5.74, 6) is -0.931. The maximum Gasteiger partial charge on any atom is 0.420 e. The third kappa shape index (κ3) is 5.91. The average Bonchev–Trinajstić information content (AvgIpc) is 2.81. The van der Waals surface area contributed by atoms with Gasteiger partial charge in [-0.3, -0.25) is 0 Å². The first-order valence-electron chi connectivity index (χ1n) is 10.8. The van der Waals surface area contributed by atoms with Gasteiger partial charge in [0.05, 0.1) is 0 Å². The highest BCUT2D eigenvalue weighted by Gasteiger charge is 2.36. The zero-order chi connectivity index (χ0) is 27.0. The average molecular weight is 518 g/mol. The lowest BCUT2D eigenvalue weighted by Crippen LogP contribution is -2.08. The van der Waals surface area contributed by atoms with Crippen molar-refractivity contribution in [1.29, 1.82) is 0 Å². The van der Waals surface area contributed by atoms with E-state index in [2.05, 4.69) is 0 Å². The molecule has 4 rings (SSSR count). The molecule has 10 heteroatoms. The summed E-state index contributed by atoms with van der Waals surface area (Å²) in [6.07, 6.45) is -9.46. The lowest BCUT2D eigenvalue weighted by atomic mass is 10.0. The Labute approximate surface area is 208 Å². The number of halogens is 6. The van der Waals surface area contributed by atoms with Gasteiger partial charge in [0.2, 0.25) is 0 Å². The molecule has 0 aliphatic rings. The van der Waals surface area contributed by atoms with Crippen LogP contribution in [0.4, 0.5) is 37.7 Å². The smallest absolute Gasteiger partial charge is 0.420 e. The third-order valence-electron chi connectivity index (χ3n) is 5.35. The van der Waals surface area contributed by atoms with Gasteiger partial charge < -0.3 is 20.9 Å². The SMILES string of the molecule is Cc1cccc(-c2cc(Oc3ccc(N)cc3C(F)(F)F)ccc2Oc2ccc(N)cc2C(F)(F)F)c1. The Kier molecular flexibility index (Phi) is 6.68. The van der Waals surface area contributed by atoms with Gasteiger partial charge in [0.1, 0.15) is 34.1 Å². The molecule has 4 N–H and O–H groups in total. The third-order valence-corrected chi connectivity index (χ3v) is 5.35. The Morgan fingerprint density at radius 1 is 0.595 bits per heavy atom. The highest BCUT2D eigenvalue weighted by molar-refractivity contribution is 5.73. The van der Waals surface area contributed by atoms with Crippen LogP contribution >= 0.6 is 0 Å². The van der Waals surface area contributed by atoms with Gasteiger partial charge >= 0.3 is 12.4 Å². The normalized spacial score (nSPS) is 11.9. The Morgan fingerprint density at radius 3 is 1.68 bits per heavy atom. The van der Waals surface area contributed by atoms with Crippen LogP contribution in [0.25, 0.3) is 11.1 Å². The molecular weight excluding hydrogens is 498 g/mol. The van der Waals surface area contributed by atoms with E-state index in [1.807, 2.05) is 13.0 Å². The molecule has 0 saturated heterocycles. The molecule has 0 amide bonds. The van der Waals surface area contributed by atoms with Gasteiger partial charge in [-0.2, -0.15) is 26.3 Å². The van der Waals surface area contributed by atoms with Gasteiger partial charge in [-0.15, -0.1) is 0 Å². The van der Waals surface area contributed by atoms with Crippen LogP contribution < -0.4 is 20.9 Å². The first kappa shape index (κ1) is 25.7. The molecule has 0 unspecified atom stereocenters. The topological polar surface area (TPSA) is 70.5 Å².